The van der Waals surface area contributed by atoms with Crippen LogP contribution in [-0.2, 0) is 22.4 Å². The minimum absolute atomic E-state index is 0.320. The number of hydrogen-bond donors (Lipinski definition) is 1. The number of aryl methyl sites for hydroxylation is 1. The Balaban J connectivity index is 1.58. The van der Waals surface area contributed by atoms with Crippen molar-refractivity contribution in [1.29, 1.82) is 0 Å². The van der Waals surface area contributed by atoms with E-state index in [1.807, 2.05) is 6.07 Å². The van der Waals surface area contributed by atoms with Crippen molar-refractivity contribution >= 4 is 29.2 Å². The second-order valence-electron chi connectivity index (χ2n) is 5.76. The first-order chi connectivity index (χ1) is 10.5. The van der Waals surface area contributed by atoms with E-state index >= 15 is 0 Å². The van der Waals surface area contributed by atoms with E-state index in [0.29, 0.717) is 23.9 Å². The van der Waals surface area contributed by atoms with Crippen LogP contribution < -0.4 is 5.32 Å². The van der Waals surface area contributed by atoms with Crippen LogP contribution in [0.3, 0.4) is 0 Å². The molecule has 0 unspecified atom stereocenters. The van der Waals surface area contributed by atoms with E-state index in [0.717, 1.165) is 24.2 Å². The number of nitrogens with zero attached hydrogens (tertiary/aromatic N) is 1. The molecule has 3 rings (SSSR count). The predicted molar refractivity (Wildman–Crippen MR) is 80.9 cm³/mol. The van der Waals surface area contributed by atoms with Crippen LogP contribution in [0.15, 0.2) is 6.07 Å². The molecule has 1 fully saturated rings. The molecule has 1 saturated heterocycles. The van der Waals surface area contributed by atoms with Crippen LogP contribution in [0.2, 0.25) is 0 Å². The van der Waals surface area contributed by atoms with Crippen molar-refractivity contribution in [1.82, 2.24) is 10.2 Å². The number of ether oxygens (including phenoxy) is 1. The molecule has 1 atom stereocenters. The largest absolute Gasteiger partial charge is 0.451 e. The predicted octanol–water partition coefficient (Wildman–Crippen LogP) is 1.58. The zero-order chi connectivity index (χ0) is 15.7. The molecule has 1 N–H and O–H groups in total. The molecule has 0 radical (unpaired) electrons. The molecular weight excluding hydrogens is 304 g/mol. The van der Waals surface area contributed by atoms with E-state index in [1.54, 1.807) is 0 Å². The average molecular weight is 322 g/mol. The zero-order valence-corrected chi connectivity index (χ0v) is 13.2. The Labute approximate surface area is 132 Å². The average Bonchev–Trinajstić information content (AvgIpc) is 3.09. The lowest BCUT2D eigenvalue weighted by atomic mass is 9.90. The molecule has 7 heteroatoms. The van der Waals surface area contributed by atoms with Gasteiger partial charge in [0.05, 0.1) is 0 Å². The molecule has 0 spiro atoms. The number of urea groups is 1. The summed E-state index contributed by atoms with van der Waals surface area (Å²) in [4.78, 5) is 38.1. The third kappa shape index (κ3) is 2.99. The van der Waals surface area contributed by atoms with Gasteiger partial charge in [-0.1, -0.05) is 6.92 Å². The van der Waals surface area contributed by atoms with Crippen molar-refractivity contribution in [2.75, 3.05) is 19.7 Å². The summed E-state index contributed by atoms with van der Waals surface area (Å²) in [6.45, 7) is 2.57. The number of esters is 1. The number of nitrogens with one attached hydrogen (secondary N) is 1. The molecule has 1 aromatic rings. The minimum atomic E-state index is -0.488. The maximum absolute atomic E-state index is 12.1. The minimum Gasteiger partial charge on any atom is -0.451 e. The van der Waals surface area contributed by atoms with Crippen molar-refractivity contribution in [2.24, 2.45) is 5.92 Å². The molecule has 22 heavy (non-hydrogen) atoms. The summed E-state index contributed by atoms with van der Waals surface area (Å²) in [5.41, 5.74) is 1.22. The monoisotopic (exact) mass is 322 g/mol. The van der Waals surface area contributed by atoms with E-state index < -0.39 is 24.5 Å². The molecule has 6 nitrogen and oxygen atoms in total. The molecule has 1 aromatic heterocycles. The Morgan fingerprint density at radius 3 is 3.05 bits per heavy atom. The van der Waals surface area contributed by atoms with Gasteiger partial charge in [-0.05, 0) is 36.8 Å². The maximum Gasteiger partial charge on any atom is 0.348 e. The Morgan fingerprint density at radius 2 is 2.32 bits per heavy atom. The lowest BCUT2D eigenvalue weighted by Gasteiger charge is -2.16. The van der Waals surface area contributed by atoms with Crippen molar-refractivity contribution in [3.63, 3.8) is 0 Å². The molecule has 1 aliphatic carbocycles. The van der Waals surface area contributed by atoms with Crippen LogP contribution in [0.5, 0.6) is 0 Å². The molecule has 3 amide bonds. The highest BCUT2D eigenvalue weighted by Gasteiger charge is 2.27. The van der Waals surface area contributed by atoms with Gasteiger partial charge in [0, 0.05) is 18.0 Å². The van der Waals surface area contributed by atoms with Gasteiger partial charge in [-0.15, -0.1) is 11.3 Å². The van der Waals surface area contributed by atoms with Crippen LogP contribution in [0.1, 0.15) is 33.5 Å². The summed E-state index contributed by atoms with van der Waals surface area (Å²) in [5, 5.41) is 2.53. The van der Waals surface area contributed by atoms with E-state index in [-0.39, 0.29) is 0 Å². The van der Waals surface area contributed by atoms with Gasteiger partial charge in [-0.2, -0.15) is 0 Å². The number of carbonyl (C=O) groups excluding carboxylic acids is 3. The first-order valence-electron chi connectivity index (χ1n) is 7.41. The van der Waals surface area contributed by atoms with Gasteiger partial charge in [-0.3, -0.25) is 9.69 Å². The van der Waals surface area contributed by atoms with Crippen LogP contribution in [0.4, 0.5) is 4.79 Å². The molecule has 1 aliphatic heterocycles. The summed E-state index contributed by atoms with van der Waals surface area (Å²) in [7, 11) is 0. The normalized spacial score (nSPS) is 20.5. The van der Waals surface area contributed by atoms with Crippen molar-refractivity contribution in [2.45, 2.75) is 26.2 Å². The summed E-state index contributed by atoms with van der Waals surface area (Å²) < 4.78 is 5.06. The topological polar surface area (TPSA) is 75.7 Å². The second-order valence-corrected chi connectivity index (χ2v) is 6.90. The van der Waals surface area contributed by atoms with Gasteiger partial charge >= 0.3 is 12.0 Å². The van der Waals surface area contributed by atoms with E-state index in [1.165, 1.54) is 21.8 Å². The lowest BCUT2D eigenvalue weighted by molar-refractivity contribution is -0.130. The SMILES string of the molecule is C[C@H]1CCc2sc(C(=O)OCC(=O)N3CCNC3=O)cc2C1. The van der Waals surface area contributed by atoms with Crippen molar-refractivity contribution in [3.05, 3.63) is 21.4 Å². The number of hydrogen-bond acceptors (Lipinski definition) is 5. The Morgan fingerprint density at radius 1 is 1.50 bits per heavy atom. The summed E-state index contributed by atoms with van der Waals surface area (Å²) in [6.07, 6.45) is 3.14. The number of amides is 3. The summed E-state index contributed by atoms with van der Waals surface area (Å²) >= 11 is 1.45. The second kappa shape index (κ2) is 6.08. The van der Waals surface area contributed by atoms with Gasteiger partial charge in [0.2, 0.25) is 0 Å². The number of thiophene rings is 1. The first kappa shape index (κ1) is 15.0. The molecule has 2 heterocycles. The number of carbonyl (C=O) groups is 3. The molecule has 2 aliphatic rings. The Bertz CT molecular complexity index is 625. The van der Waals surface area contributed by atoms with Crippen molar-refractivity contribution in [3.8, 4) is 0 Å². The first-order valence-corrected chi connectivity index (χ1v) is 8.23. The third-order valence-electron chi connectivity index (χ3n) is 4.01. The van der Waals surface area contributed by atoms with E-state index in [4.69, 9.17) is 4.74 Å². The van der Waals surface area contributed by atoms with Crippen LogP contribution >= 0.6 is 11.3 Å². The van der Waals surface area contributed by atoms with Gasteiger partial charge in [0.1, 0.15) is 4.88 Å². The standard InChI is InChI=1S/C15H18N2O4S/c1-9-2-3-11-10(6-9)7-12(22-11)14(19)21-8-13(18)17-5-4-16-15(17)20/h7,9H,2-6,8H2,1H3,(H,16,20)/t9-/m0/s1. The van der Waals surface area contributed by atoms with Crippen LogP contribution in [0, 0.1) is 5.92 Å². The Hall–Kier alpha value is -1.89. The molecule has 0 aromatic carbocycles. The van der Waals surface area contributed by atoms with Gasteiger partial charge < -0.3 is 10.1 Å². The fraction of sp³-hybridized carbons (Fsp3) is 0.533. The van der Waals surface area contributed by atoms with Gasteiger partial charge in [-0.25, -0.2) is 9.59 Å². The van der Waals surface area contributed by atoms with E-state index in [9.17, 15) is 14.4 Å². The maximum atomic E-state index is 12.1. The zero-order valence-electron chi connectivity index (χ0n) is 12.4. The highest BCUT2D eigenvalue weighted by Crippen LogP contribution is 2.32. The molecule has 0 saturated carbocycles. The highest BCUT2D eigenvalue weighted by molar-refractivity contribution is 7.14. The third-order valence-corrected chi connectivity index (χ3v) is 5.23. The van der Waals surface area contributed by atoms with Crippen molar-refractivity contribution < 1.29 is 19.1 Å². The fourth-order valence-corrected chi connectivity index (χ4v) is 3.89. The lowest BCUT2D eigenvalue weighted by Crippen LogP contribution is -2.37. The summed E-state index contributed by atoms with van der Waals surface area (Å²) in [5.74, 6) is -0.334. The quantitative estimate of drug-likeness (QED) is 0.857. The van der Waals surface area contributed by atoms with Crippen LogP contribution in [-0.4, -0.2) is 42.5 Å². The number of fused-ring (bicyclic) bond motifs is 1. The highest BCUT2D eigenvalue weighted by atomic mass is 32.1. The summed E-state index contributed by atoms with van der Waals surface area (Å²) in [6, 6.07) is 1.45. The molecule has 118 valence electrons. The molecule has 0 bridgehead atoms. The van der Waals surface area contributed by atoms with Crippen LogP contribution in [0.25, 0.3) is 0 Å². The fourth-order valence-electron chi connectivity index (χ4n) is 2.79. The van der Waals surface area contributed by atoms with Gasteiger partial charge in [0.25, 0.3) is 5.91 Å². The Kier molecular flexibility index (Phi) is 4.15. The smallest absolute Gasteiger partial charge is 0.348 e. The van der Waals surface area contributed by atoms with Gasteiger partial charge in [0.15, 0.2) is 6.61 Å². The number of imide groups is 1. The molecular formula is C15H18N2O4S. The van der Waals surface area contributed by atoms with E-state index in [2.05, 4.69) is 12.2 Å². The number of rotatable bonds is 3.